The van der Waals surface area contributed by atoms with Crippen molar-refractivity contribution in [1.29, 1.82) is 0 Å². The zero-order chi connectivity index (χ0) is 20.2. The van der Waals surface area contributed by atoms with Crippen molar-refractivity contribution in [3.05, 3.63) is 57.6 Å². The van der Waals surface area contributed by atoms with Crippen LogP contribution in [0.3, 0.4) is 0 Å². The molecule has 2 aromatic carbocycles. The Kier molecular flexibility index (Phi) is 5.90. The van der Waals surface area contributed by atoms with Gasteiger partial charge in [0, 0.05) is 5.41 Å². The second-order valence-electron chi connectivity index (χ2n) is 6.56. The number of aldehydes is 4. The van der Waals surface area contributed by atoms with Crippen molar-refractivity contribution < 1.29 is 29.4 Å². The predicted octanol–water partition coefficient (Wildman–Crippen LogP) is 3.45. The fraction of sp³-hybridized carbons (Fsp3) is 0.238. The van der Waals surface area contributed by atoms with Crippen LogP contribution in [0.4, 0.5) is 0 Å². The topological polar surface area (TPSA) is 109 Å². The maximum absolute atomic E-state index is 11.3. The Morgan fingerprint density at radius 2 is 1.04 bits per heavy atom. The van der Waals surface area contributed by atoms with E-state index in [9.17, 15) is 29.4 Å². The second kappa shape index (κ2) is 7.95. The number of hydrogen-bond acceptors (Lipinski definition) is 6. The molecule has 0 radical (unpaired) electrons. The van der Waals surface area contributed by atoms with Crippen molar-refractivity contribution in [1.82, 2.24) is 0 Å². The number of aromatic hydroxyl groups is 2. The summed E-state index contributed by atoms with van der Waals surface area (Å²) >= 11 is 0. The summed E-state index contributed by atoms with van der Waals surface area (Å²) in [6, 6.07) is 5.94. The molecule has 0 spiro atoms. The highest BCUT2D eigenvalue weighted by Crippen LogP contribution is 2.40. The molecule has 0 unspecified atom stereocenters. The molecule has 0 aliphatic carbocycles. The van der Waals surface area contributed by atoms with Crippen LogP contribution >= 0.6 is 0 Å². The molecule has 27 heavy (non-hydrogen) atoms. The molecule has 0 aliphatic rings. The van der Waals surface area contributed by atoms with Gasteiger partial charge in [-0.15, -0.1) is 0 Å². The second-order valence-corrected chi connectivity index (χ2v) is 6.56. The summed E-state index contributed by atoms with van der Waals surface area (Å²) in [5, 5.41) is 20.0. The standard InChI is InChI=1S/C21H20O6/c1-3-4-21(2,17-5-13(9-22)19(26)14(6-17)10-23)18-7-15(11-24)20(27)16(8-18)12-25/h5-12,26-27H,3-4H2,1-2H3. The number of hydrogen-bond donors (Lipinski definition) is 2. The van der Waals surface area contributed by atoms with Gasteiger partial charge in [-0.25, -0.2) is 0 Å². The maximum atomic E-state index is 11.3. The van der Waals surface area contributed by atoms with E-state index in [1.54, 1.807) is 0 Å². The predicted molar refractivity (Wildman–Crippen MR) is 99.1 cm³/mol. The first-order valence-corrected chi connectivity index (χ1v) is 8.41. The van der Waals surface area contributed by atoms with Crippen molar-refractivity contribution in [3.8, 4) is 11.5 Å². The smallest absolute Gasteiger partial charge is 0.153 e. The molecule has 0 saturated carbocycles. The first-order chi connectivity index (χ1) is 12.9. The SMILES string of the molecule is CCCC(C)(c1cc(C=O)c(O)c(C=O)c1)c1cc(C=O)c(O)c(C=O)c1. The van der Waals surface area contributed by atoms with E-state index >= 15 is 0 Å². The van der Waals surface area contributed by atoms with Gasteiger partial charge in [0.2, 0.25) is 0 Å². The molecule has 0 fully saturated rings. The Labute approximate surface area is 156 Å². The molecule has 0 heterocycles. The lowest BCUT2D eigenvalue weighted by Crippen LogP contribution is -2.24. The molecule has 0 amide bonds. The van der Waals surface area contributed by atoms with Crippen molar-refractivity contribution in [2.45, 2.75) is 32.1 Å². The molecule has 140 valence electrons. The van der Waals surface area contributed by atoms with Gasteiger partial charge < -0.3 is 10.2 Å². The van der Waals surface area contributed by atoms with Crippen LogP contribution in [0.5, 0.6) is 11.5 Å². The Bertz CT molecular complexity index is 785. The minimum atomic E-state index is -0.777. The van der Waals surface area contributed by atoms with Gasteiger partial charge in [0.15, 0.2) is 25.1 Å². The van der Waals surface area contributed by atoms with Crippen LogP contribution in [-0.2, 0) is 5.41 Å². The number of carbonyl (C=O) groups is 4. The van der Waals surface area contributed by atoms with E-state index in [0.717, 1.165) is 6.42 Å². The van der Waals surface area contributed by atoms with Gasteiger partial charge in [0.05, 0.1) is 22.3 Å². The lowest BCUT2D eigenvalue weighted by molar-refractivity contribution is 0.110. The normalized spacial score (nSPS) is 11.0. The van der Waals surface area contributed by atoms with E-state index in [2.05, 4.69) is 0 Å². The highest BCUT2D eigenvalue weighted by Gasteiger charge is 2.31. The summed E-state index contributed by atoms with van der Waals surface area (Å²) in [6.45, 7) is 3.79. The largest absolute Gasteiger partial charge is 0.506 e. The lowest BCUT2D eigenvalue weighted by atomic mass is 9.71. The molecule has 2 aromatic rings. The number of benzene rings is 2. The fourth-order valence-electron chi connectivity index (χ4n) is 3.31. The minimum absolute atomic E-state index is 0.0260. The summed E-state index contributed by atoms with van der Waals surface area (Å²) in [5.74, 6) is -0.786. The highest BCUT2D eigenvalue weighted by molar-refractivity contribution is 5.90. The van der Waals surface area contributed by atoms with Crippen LogP contribution in [0.15, 0.2) is 24.3 Å². The summed E-state index contributed by atoms with van der Waals surface area (Å²) in [7, 11) is 0. The quantitative estimate of drug-likeness (QED) is 0.691. The lowest BCUT2D eigenvalue weighted by Gasteiger charge is -2.32. The monoisotopic (exact) mass is 368 g/mol. The van der Waals surface area contributed by atoms with Crippen molar-refractivity contribution in [2.24, 2.45) is 0 Å². The third-order valence-corrected chi connectivity index (χ3v) is 4.87. The molecule has 0 saturated heterocycles. The van der Waals surface area contributed by atoms with Crippen LogP contribution in [0.1, 0.15) is 79.2 Å². The highest BCUT2D eigenvalue weighted by atomic mass is 16.3. The first-order valence-electron chi connectivity index (χ1n) is 8.41. The zero-order valence-corrected chi connectivity index (χ0v) is 15.1. The summed E-state index contributed by atoms with van der Waals surface area (Å²) in [4.78, 5) is 45.3. The van der Waals surface area contributed by atoms with Gasteiger partial charge in [0.1, 0.15) is 11.5 Å². The first kappa shape index (κ1) is 20.0. The molecule has 6 heteroatoms. The van der Waals surface area contributed by atoms with Crippen molar-refractivity contribution in [2.75, 3.05) is 0 Å². The van der Waals surface area contributed by atoms with E-state index in [1.807, 2.05) is 13.8 Å². The molecule has 2 rings (SSSR count). The number of carbonyl (C=O) groups excluding carboxylic acids is 4. The van der Waals surface area contributed by atoms with Crippen LogP contribution in [0.25, 0.3) is 0 Å². The van der Waals surface area contributed by atoms with E-state index < -0.39 is 16.9 Å². The number of phenolic OH excluding ortho intramolecular Hbond substituents is 2. The van der Waals surface area contributed by atoms with Crippen molar-refractivity contribution >= 4 is 25.1 Å². The van der Waals surface area contributed by atoms with Crippen LogP contribution in [0.2, 0.25) is 0 Å². The minimum Gasteiger partial charge on any atom is -0.506 e. The van der Waals surface area contributed by atoms with Gasteiger partial charge in [-0.2, -0.15) is 0 Å². The molecule has 2 N–H and O–H groups in total. The Hall–Kier alpha value is -3.28. The Balaban J connectivity index is 2.83. The average molecular weight is 368 g/mol. The third-order valence-electron chi connectivity index (χ3n) is 4.87. The van der Waals surface area contributed by atoms with Crippen LogP contribution in [0, 0.1) is 0 Å². The molecular weight excluding hydrogens is 348 g/mol. The van der Waals surface area contributed by atoms with Gasteiger partial charge in [-0.05, 0) is 41.8 Å². The van der Waals surface area contributed by atoms with E-state index in [4.69, 9.17) is 0 Å². The van der Waals surface area contributed by atoms with Gasteiger partial charge >= 0.3 is 0 Å². The van der Waals surface area contributed by atoms with Crippen LogP contribution < -0.4 is 0 Å². The Morgan fingerprint density at radius 3 is 1.26 bits per heavy atom. The van der Waals surface area contributed by atoms with E-state index in [0.29, 0.717) is 42.7 Å². The maximum Gasteiger partial charge on any atom is 0.153 e. The molecule has 0 aromatic heterocycles. The summed E-state index contributed by atoms with van der Waals surface area (Å²) in [6.07, 6.45) is 3.13. The van der Waals surface area contributed by atoms with Crippen LogP contribution in [-0.4, -0.2) is 35.4 Å². The molecule has 6 nitrogen and oxygen atoms in total. The van der Waals surface area contributed by atoms with Gasteiger partial charge in [-0.3, -0.25) is 19.2 Å². The molecule has 0 bridgehead atoms. The Morgan fingerprint density at radius 1 is 0.741 bits per heavy atom. The number of rotatable bonds is 8. The summed E-state index contributed by atoms with van der Waals surface area (Å²) < 4.78 is 0. The zero-order valence-electron chi connectivity index (χ0n) is 15.1. The molecule has 0 atom stereocenters. The third kappa shape index (κ3) is 3.51. The summed E-state index contributed by atoms with van der Waals surface area (Å²) in [5.41, 5.74) is 0.269. The van der Waals surface area contributed by atoms with E-state index in [-0.39, 0.29) is 22.3 Å². The average Bonchev–Trinajstić information content (AvgIpc) is 2.68. The van der Waals surface area contributed by atoms with Gasteiger partial charge in [-0.1, -0.05) is 20.3 Å². The van der Waals surface area contributed by atoms with Gasteiger partial charge in [0.25, 0.3) is 0 Å². The number of phenols is 2. The molecule has 0 aliphatic heterocycles. The van der Waals surface area contributed by atoms with E-state index in [1.165, 1.54) is 24.3 Å². The molecular formula is C21H20O6. The van der Waals surface area contributed by atoms with Crippen molar-refractivity contribution in [3.63, 3.8) is 0 Å². The fourth-order valence-corrected chi connectivity index (χ4v) is 3.31.